The second-order valence-corrected chi connectivity index (χ2v) is 7.24. The zero-order valence-electron chi connectivity index (χ0n) is 16.1. The number of amides is 1. The smallest absolute Gasteiger partial charge is 0.325 e. The van der Waals surface area contributed by atoms with E-state index in [4.69, 9.17) is 16.7 Å². The minimum atomic E-state index is -1.22. The van der Waals surface area contributed by atoms with Gasteiger partial charge in [-0.15, -0.1) is 0 Å². The van der Waals surface area contributed by atoms with Gasteiger partial charge in [-0.25, -0.2) is 4.39 Å². The summed E-state index contributed by atoms with van der Waals surface area (Å²) in [5.74, 6) is -3.94. The number of hydrogen-bond donors (Lipinski definition) is 3. The quantitative estimate of drug-likeness (QED) is 0.573. The van der Waals surface area contributed by atoms with Crippen LogP contribution in [0.3, 0.4) is 0 Å². The highest BCUT2D eigenvalue weighted by atomic mass is 35.5. The summed E-state index contributed by atoms with van der Waals surface area (Å²) < 4.78 is 16.0. The van der Waals surface area contributed by atoms with Crippen molar-refractivity contribution >= 4 is 40.3 Å². The third-order valence-electron chi connectivity index (χ3n) is 4.79. The molecule has 0 bridgehead atoms. The summed E-state index contributed by atoms with van der Waals surface area (Å²) in [4.78, 5) is 36.4. The number of aromatic nitrogens is 1. The van der Waals surface area contributed by atoms with E-state index in [-0.39, 0.29) is 22.9 Å². The van der Waals surface area contributed by atoms with Crippen molar-refractivity contribution in [2.75, 3.05) is 0 Å². The lowest BCUT2D eigenvalue weighted by atomic mass is 10.1. The normalized spacial score (nSPS) is 12.0. The van der Waals surface area contributed by atoms with E-state index in [1.54, 1.807) is 19.1 Å². The van der Waals surface area contributed by atoms with E-state index in [0.29, 0.717) is 16.3 Å². The molecular formula is C21H18ClFN2O5. The van der Waals surface area contributed by atoms with Crippen LogP contribution in [0, 0.1) is 12.7 Å². The first-order chi connectivity index (χ1) is 14.1. The van der Waals surface area contributed by atoms with Crippen LogP contribution in [0.4, 0.5) is 4.39 Å². The highest BCUT2D eigenvalue weighted by molar-refractivity contribution is 6.30. The van der Waals surface area contributed by atoms with Crippen molar-refractivity contribution in [1.29, 1.82) is 0 Å². The Morgan fingerprint density at radius 2 is 1.80 bits per heavy atom. The topological polar surface area (TPSA) is 109 Å². The molecule has 0 aliphatic rings. The first-order valence-electron chi connectivity index (χ1n) is 8.95. The molecule has 0 aliphatic heterocycles. The van der Waals surface area contributed by atoms with Gasteiger partial charge in [-0.05, 0) is 55.8 Å². The number of hydrogen-bond acceptors (Lipinski definition) is 4. The SMILES string of the molecule is Cc1c(CC(=O)NC(C)C(=O)O)c2c(F)c(O)ccc2n1C(=O)c1ccc(Cl)cc1. The number of carbonyl (C=O) groups excluding carboxylic acids is 2. The fraction of sp³-hybridized carbons (Fsp3) is 0.190. The van der Waals surface area contributed by atoms with Crippen LogP contribution < -0.4 is 5.32 Å². The minimum absolute atomic E-state index is 0.0760. The number of nitrogens with zero attached hydrogens (tertiary/aromatic N) is 1. The lowest BCUT2D eigenvalue weighted by Gasteiger charge is -2.10. The number of carbonyl (C=O) groups is 3. The predicted molar refractivity (Wildman–Crippen MR) is 108 cm³/mol. The van der Waals surface area contributed by atoms with Crippen molar-refractivity contribution < 1.29 is 29.0 Å². The molecule has 0 saturated heterocycles. The molecule has 1 heterocycles. The number of nitrogens with one attached hydrogen (secondary N) is 1. The lowest BCUT2D eigenvalue weighted by Crippen LogP contribution is -2.39. The number of aromatic hydroxyl groups is 1. The van der Waals surface area contributed by atoms with Crippen LogP contribution in [0.5, 0.6) is 5.75 Å². The van der Waals surface area contributed by atoms with Crippen LogP contribution in [-0.4, -0.2) is 38.6 Å². The van der Waals surface area contributed by atoms with E-state index in [1.165, 1.54) is 29.7 Å². The number of carboxylic acids is 1. The molecular weight excluding hydrogens is 415 g/mol. The third-order valence-corrected chi connectivity index (χ3v) is 5.05. The molecule has 2 aromatic carbocycles. The first-order valence-corrected chi connectivity index (χ1v) is 9.33. The predicted octanol–water partition coefficient (Wildman–Crippen LogP) is 3.27. The van der Waals surface area contributed by atoms with Crippen LogP contribution in [0.2, 0.25) is 5.02 Å². The van der Waals surface area contributed by atoms with E-state index >= 15 is 0 Å². The number of rotatable bonds is 5. The zero-order valence-corrected chi connectivity index (χ0v) is 16.8. The average molecular weight is 433 g/mol. The Hall–Kier alpha value is -3.39. The van der Waals surface area contributed by atoms with Gasteiger partial charge in [0, 0.05) is 21.7 Å². The van der Waals surface area contributed by atoms with E-state index in [2.05, 4.69) is 5.32 Å². The summed E-state index contributed by atoms with van der Waals surface area (Å²) in [7, 11) is 0. The Morgan fingerprint density at radius 3 is 2.40 bits per heavy atom. The maximum absolute atomic E-state index is 14.8. The molecule has 9 heteroatoms. The van der Waals surface area contributed by atoms with Gasteiger partial charge >= 0.3 is 5.97 Å². The van der Waals surface area contributed by atoms with Gasteiger partial charge in [0.05, 0.1) is 11.9 Å². The summed E-state index contributed by atoms with van der Waals surface area (Å²) in [5, 5.41) is 21.4. The van der Waals surface area contributed by atoms with E-state index < -0.39 is 35.4 Å². The molecule has 0 fully saturated rings. The van der Waals surface area contributed by atoms with Gasteiger partial charge in [0.1, 0.15) is 6.04 Å². The molecule has 1 atom stereocenters. The van der Waals surface area contributed by atoms with Crippen molar-refractivity contribution in [1.82, 2.24) is 9.88 Å². The number of phenols is 1. The van der Waals surface area contributed by atoms with Gasteiger partial charge in [-0.3, -0.25) is 19.0 Å². The fourth-order valence-corrected chi connectivity index (χ4v) is 3.37. The van der Waals surface area contributed by atoms with Gasteiger partial charge < -0.3 is 15.5 Å². The molecule has 3 aromatic rings. The molecule has 1 unspecified atom stereocenters. The van der Waals surface area contributed by atoms with E-state index in [1.807, 2.05) is 0 Å². The highest BCUT2D eigenvalue weighted by Crippen LogP contribution is 2.33. The molecule has 30 heavy (non-hydrogen) atoms. The van der Waals surface area contributed by atoms with Crippen molar-refractivity contribution in [3.63, 3.8) is 0 Å². The summed E-state index contributed by atoms with van der Waals surface area (Å²) >= 11 is 5.87. The molecule has 3 rings (SSSR count). The number of fused-ring (bicyclic) bond motifs is 1. The Bertz CT molecular complexity index is 1170. The Balaban J connectivity index is 2.13. The summed E-state index contributed by atoms with van der Waals surface area (Å²) in [6, 6.07) is 7.50. The maximum atomic E-state index is 14.8. The number of benzene rings is 2. The second kappa shape index (κ2) is 8.16. The molecule has 1 aromatic heterocycles. The van der Waals surface area contributed by atoms with Gasteiger partial charge in [0.15, 0.2) is 11.6 Å². The number of halogens is 2. The van der Waals surface area contributed by atoms with Crippen LogP contribution in [0.15, 0.2) is 36.4 Å². The summed E-state index contributed by atoms with van der Waals surface area (Å²) in [6.45, 7) is 2.85. The monoisotopic (exact) mass is 432 g/mol. The first kappa shape index (κ1) is 21.3. The van der Waals surface area contributed by atoms with Gasteiger partial charge in [-0.1, -0.05) is 11.6 Å². The number of carboxylic acid groups (broad SMARTS) is 1. The van der Waals surface area contributed by atoms with Crippen LogP contribution >= 0.6 is 11.6 Å². The molecule has 3 N–H and O–H groups in total. The summed E-state index contributed by atoms with van der Waals surface area (Å²) in [5.41, 5.74) is 0.948. The molecule has 1 amide bonds. The molecule has 0 aliphatic carbocycles. The van der Waals surface area contributed by atoms with Crippen LogP contribution in [0.25, 0.3) is 10.9 Å². The van der Waals surface area contributed by atoms with Crippen LogP contribution in [-0.2, 0) is 16.0 Å². The van der Waals surface area contributed by atoms with Gasteiger partial charge in [0.2, 0.25) is 5.91 Å². The zero-order chi connectivity index (χ0) is 22.2. The molecule has 0 spiro atoms. The Morgan fingerprint density at radius 1 is 1.17 bits per heavy atom. The highest BCUT2D eigenvalue weighted by Gasteiger charge is 2.25. The van der Waals surface area contributed by atoms with Gasteiger partial charge in [-0.2, -0.15) is 0 Å². The second-order valence-electron chi connectivity index (χ2n) is 6.81. The largest absolute Gasteiger partial charge is 0.505 e. The van der Waals surface area contributed by atoms with Crippen molar-refractivity contribution in [2.45, 2.75) is 26.3 Å². The summed E-state index contributed by atoms with van der Waals surface area (Å²) in [6.07, 6.45) is -0.374. The average Bonchev–Trinajstić information content (AvgIpc) is 2.96. The minimum Gasteiger partial charge on any atom is -0.505 e. The Kier molecular flexibility index (Phi) is 5.80. The maximum Gasteiger partial charge on any atom is 0.325 e. The fourth-order valence-electron chi connectivity index (χ4n) is 3.24. The standard InChI is InChI=1S/C21H18ClFN2O5/c1-10(21(29)30)24-17(27)9-14-11(2)25(15-7-8-16(26)19(23)18(14)15)20(28)12-3-5-13(22)6-4-12/h3-8,10,26H,9H2,1-2H3,(H,24,27)(H,29,30). The van der Waals surface area contributed by atoms with Gasteiger partial charge in [0.25, 0.3) is 5.91 Å². The van der Waals surface area contributed by atoms with E-state index in [9.17, 15) is 23.9 Å². The number of aliphatic carboxylic acids is 1. The molecule has 0 radical (unpaired) electrons. The number of phenolic OH excluding ortho intramolecular Hbond substituents is 1. The van der Waals surface area contributed by atoms with Crippen molar-refractivity contribution in [2.24, 2.45) is 0 Å². The van der Waals surface area contributed by atoms with E-state index in [0.717, 1.165) is 6.07 Å². The molecule has 0 saturated carbocycles. The van der Waals surface area contributed by atoms with Crippen molar-refractivity contribution in [3.05, 3.63) is 64.1 Å². The Labute approximate surface area is 175 Å². The van der Waals surface area contributed by atoms with Crippen LogP contribution in [0.1, 0.15) is 28.5 Å². The lowest BCUT2D eigenvalue weighted by molar-refractivity contribution is -0.141. The third kappa shape index (κ3) is 3.86. The molecule has 156 valence electrons. The van der Waals surface area contributed by atoms with Crippen molar-refractivity contribution in [3.8, 4) is 5.75 Å². The molecule has 7 nitrogen and oxygen atoms in total.